The lowest BCUT2D eigenvalue weighted by atomic mass is 10.1. The van der Waals surface area contributed by atoms with Gasteiger partial charge in [0.2, 0.25) is 5.96 Å². The van der Waals surface area contributed by atoms with E-state index in [1.807, 2.05) is 72.6 Å². The van der Waals surface area contributed by atoms with Crippen LogP contribution in [-0.4, -0.2) is 71.0 Å². The molecule has 0 radical (unpaired) electrons. The fourth-order valence-electron chi connectivity index (χ4n) is 4.48. The Morgan fingerprint density at radius 2 is 1.76 bits per heavy atom. The van der Waals surface area contributed by atoms with Crippen LogP contribution >= 0.6 is 0 Å². The van der Waals surface area contributed by atoms with E-state index in [2.05, 4.69) is 0 Å². The molecule has 9 heteroatoms. The second kappa shape index (κ2) is 8.33. The quantitative estimate of drug-likeness (QED) is 0.639. The molecular weight excluding hydrogens is 434 g/mol. The number of likely N-dealkylation sites (N-methyl/N-ethyl adjacent to an activating group) is 1. The summed E-state index contributed by atoms with van der Waals surface area (Å²) in [4.78, 5) is 49.4. The van der Waals surface area contributed by atoms with Gasteiger partial charge in [0.15, 0.2) is 12.2 Å². The Morgan fingerprint density at radius 1 is 1.06 bits per heavy atom. The van der Waals surface area contributed by atoms with Crippen molar-refractivity contribution in [3.05, 3.63) is 71.9 Å². The number of aliphatic imine (C=N–C) groups is 1. The molecular formula is C25H25N5O4. The van der Waals surface area contributed by atoms with Crippen molar-refractivity contribution >= 4 is 35.3 Å². The number of nitrogens with zero attached hydrogens (tertiary/aromatic N) is 5. The molecule has 3 aliphatic heterocycles. The number of hydrogen-bond acceptors (Lipinski definition) is 7. The van der Waals surface area contributed by atoms with E-state index < -0.39 is 36.7 Å². The first-order valence-corrected chi connectivity index (χ1v) is 11.1. The van der Waals surface area contributed by atoms with Gasteiger partial charge < -0.3 is 9.64 Å². The number of carbonyl (C=O) groups is 3. The molecule has 0 bridgehead atoms. The summed E-state index contributed by atoms with van der Waals surface area (Å²) in [5.41, 5.74) is 3.85. The van der Waals surface area contributed by atoms with Crippen LogP contribution in [0.1, 0.15) is 18.1 Å². The molecule has 2 atom stereocenters. The summed E-state index contributed by atoms with van der Waals surface area (Å²) in [5.74, 6) is -0.545. The predicted molar refractivity (Wildman–Crippen MR) is 126 cm³/mol. The number of anilines is 1. The third-order valence-electron chi connectivity index (χ3n) is 6.17. The average molecular weight is 460 g/mol. The van der Waals surface area contributed by atoms with E-state index in [9.17, 15) is 14.4 Å². The van der Waals surface area contributed by atoms with Crippen molar-refractivity contribution in [2.45, 2.75) is 26.1 Å². The summed E-state index contributed by atoms with van der Waals surface area (Å²) in [6.45, 7) is 3.44. The van der Waals surface area contributed by atoms with Crippen LogP contribution < -0.4 is 4.90 Å². The van der Waals surface area contributed by atoms with Crippen LogP contribution in [0.25, 0.3) is 5.70 Å². The van der Waals surface area contributed by atoms with Gasteiger partial charge in [-0.25, -0.2) is 9.79 Å². The Hall–Kier alpha value is -4.14. The Bertz CT molecular complexity index is 1210. The summed E-state index contributed by atoms with van der Waals surface area (Å²) in [6, 6.07) is 16.6. The van der Waals surface area contributed by atoms with Gasteiger partial charge in [-0.05, 0) is 26.0 Å². The smallest absolute Gasteiger partial charge is 0.328 e. The van der Waals surface area contributed by atoms with Gasteiger partial charge in [0.1, 0.15) is 6.54 Å². The van der Waals surface area contributed by atoms with Gasteiger partial charge in [-0.1, -0.05) is 48.0 Å². The van der Waals surface area contributed by atoms with Crippen LogP contribution in [0.15, 0.2) is 65.8 Å². The van der Waals surface area contributed by atoms with Gasteiger partial charge in [0, 0.05) is 24.5 Å². The number of aryl methyl sites for hydroxylation is 1. The van der Waals surface area contributed by atoms with Crippen LogP contribution in [0.5, 0.6) is 0 Å². The topological polar surface area (TPSA) is 85.8 Å². The fraction of sp³-hybridized carbons (Fsp3) is 0.280. The number of hydrogen-bond donors (Lipinski definition) is 0. The van der Waals surface area contributed by atoms with Crippen LogP contribution in [0.3, 0.4) is 0 Å². The second-order valence-electron chi connectivity index (χ2n) is 8.37. The Balaban J connectivity index is 1.56. The van der Waals surface area contributed by atoms with Crippen molar-refractivity contribution in [1.29, 1.82) is 0 Å². The molecule has 0 spiro atoms. The molecule has 0 aliphatic carbocycles. The second-order valence-corrected chi connectivity index (χ2v) is 8.37. The largest absolute Gasteiger partial charge is 0.465 e. The van der Waals surface area contributed by atoms with Crippen molar-refractivity contribution < 1.29 is 19.1 Å². The molecule has 0 aromatic heterocycles. The summed E-state index contributed by atoms with van der Waals surface area (Å²) < 4.78 is 4.97. The number of rotatable bonds is 5. The van der Waals surface area contributed by atoms with E-state index >= 15 is 0 Å². The molecule has 0 saturated carbocycles. The molecule has 3 amide bonds. The highest BCUT2D eigenvalue weighted by atomic mass is 16.5. The maximum atomic E-state index is 13.5. The first-order chi connectivity index (χ1) is 16.4. The minimum atomic E-state index is -0.777. The lowest BCUT2D eigenvalue weighted by molar-refractivity contribution is -0.150. The molecule has 2 unspecified atom stereocenters. The molecule has 2 aromatic rings. The van der Waals surface area contributed by atoms with Crippen molar-refractivity contribution in [3.63, 3.8) is 0 Å². The van der Waals surface area contributed by atoms with Crippen molar-refractivity contribution in [1.82, 2.24) is 14.7 Å². The van der Waals surface area contributed by atoms with E-state index in [1.54, 1.807) is 18.9 Å². The summed E-state index contributed by atoms with van der Waals surface area (Å²) >= 11 is 0. The minimum Gasteiger partial charge on any atom is -0.465 e. The molecule has 34 heavy (non-hydrogen) atoms. The molecule has 3 heterocycles. The Morgan fingerprint density at radius 3 is 2.44 bits per heavy atom. The lowest BCUT2D eigenvalue weighted by Gasteiger charge is -2.39. The number of urea groups is 1. The monoisotopic (exact) mass is 459 g/mol. The first kappa shape index (κ1) is 21.7. The molecule has 2 aromatic carbocycles. The number of benzene rings is 2. The van der Waals surface area contributed by atoms with Crippen LogP contribution in [0.2, 0.25) is 0 Å². The zero-order valence-electron chi connectivity index (χ0n) is 19.2. The third kappa shape index (κ3) is 3.40. The highest BCUT2D eigenvalue weighted by Gasteiger charge is 2.55. The van der Waals surface area contributed by atoms with E-state index in [4.69, 9.17) is 9.73 Å². The van der Waals surface area contributed by atoms with E-state index in [0.717, 1.165) is 27.4 Å². The number of imide groups is 1. The highest BCUT2D eigenvalue weighted by Crippen LogP contribution is 2.39. The maximum absolute atomic E-state index is 13.5. The average Bonchev–Trinajstić information content (AvgIpc) is 3.38. The van der Waals surface area contributed by atoms with Crippen molar-refractivity contribution in [2.24, 2.45) is 4.99 Å². The molecule has 0 N–H and O–H groups in total. The normalized spacial score (nSPS) is 21.4. The van der Waals surface area contributed by atoms with Crippen molar-refractivity contribution in [3.8, 4) is 0 Å². The number of fused-ring (bicyclic) bond motifs is 3. The SMILES string of the molecule is CCOC(=O)CN1C(=O)C2C(N=C3N(c4ccc(C)cc4)C(c4ccccc4)=CN32)N(C)C1=O. The molecule has 5 rings (SSSR count). The van der Waals surface area contributed by atoms with E-state index in [1.165, 1.54) is 4.90 Å². The number of carbonyl (C=O) groups excluding carboxylic acids is 3. The third-order valence-corrected chi connectivity index (χ3v) is 6.17. The van der Waals surface area contributed by atoms with Gasteiger partial charge in [-0.3, -0.25) is 24.3 Å². The highest BCUT2D eigenvalue weighted by molar-refractivity contribution is 6.16. The number of amides is 3. The number of esters is 1. The van der Waals surface area contributed by atoms with Gasteiger partial charge in [-0.15, -0.1) is 0 Å². The van der Waals surface area contributed by atoms with Crippen LogP contribution in [0, 0.1) is 6.92 Å². The predicted octanol–water partition coefficient (Wildman–Crippen LogP) is 2.64. The molecule has 3 aliphatic rings. The molecule has 174 valence electrons. The maximum Gasteiger partial charge on any atom is 0.328 e. The standard InChI is InChI=1S/C25H25N5O4/c1-4-34-20(31)15-29-23(32)21-22(27(3)25(29)33)26-24-28(21)14-19(17-8-6-5-7-9-17)30(24)18-12-10-16(2)11-13-18/h5-14,21-22H,4,15H2,1-3H3. The Kier molecular flexibility index (Phi) is 5.31. The number of ether oxygens (including phenoxy) is 1. The van der Waals surface area contributed by atoms with Gasteiger partial charge in [-0.2, -0.15) is 0 Å². The van der Waals surface area contributed by atoms with Gasteiger partial charge >= 0.3 is 12.0 Å². The van der Waals surface area contributed by atoms with Gasteiger partial charge in [0.25, 0.3) is 5.91 Å². The summed E-state index contributed by atoms with van der Waals surface area (Å²) in [6.07, 6.45) is 1.19. The van der Waals surface area contributed by atoms with Crippen LogP contribution in [0.4, 0.5) is 10.5 Å². The zero-order chi connectivity index (χ0) is 24.0. The zero-order valence-corrected chi connectivity index (χ0v) is 19.2. The number of guanidine groups is 1. The molecule has 9 nitrogen and oxygen atoms in total. The lowest BCUT2D eigenvalue weighted by Crippen LogP contribution is -2.65. The van der Waals surface area contributed by atoms with E-state index in [0.29, 0.717) is 5.96 Å². The molecule has 1 fully saturated rings. The first-order valence-electron chi connectivity index (χ1n) is 11.1. The van der Waals surface area contributed by atoms with Crippen molar-refractivity contribution in [2.75, 3.05) is 25.1 Å². The summed E-state index contributed by atoms with van der Waals surface area (Å²) in [7, 11) is 1.59. The fourth-order valence-corrected chi connectivity index (χ4v) is 4.48. The summed E-state index contributed by atoms with van der Waals surface area (Å²) in [5, 5.41) is 0. The van der Waals surface area contributed by atoms with Crippen LogP contribution in [-0.2, 0) is 14.3 Å². The minimum absolute atomic E-state index is 0.172. The van der Waals surface area contributed by atoms with E-state index in [-0.39, 0.29) is 6.61 Å². The van der Waals surface area contributed by atoms with Gasteiger partial charge in [0.05, 0.1) is 12.3 Å². The molecule has 1 saturated heterocycles. The Labute approximate surface area is 197 Å².